The molecule has 0 aromatic heterocycles. The Bertz CT molecular complexity index is 3240. The third kappa shape index (κ3) is 20.8. The number of rotatable bonds is 11. The first-order valence-corrected chi connectivity index (χ1v) is 40.1. The Hall–Kier alpha value is -6.91. The molecule has 5 saturated heterocycles. The van der Waals surface area contributed by atoms with E-state index in [0.29, 0.717) is 51.4 Å². The molecule has 108 heavy (non-hydrogen) atoms. The number of methoxy groups -OCH3 is 1. The van der Waals surface area contributed by atoms with Crippen molar-refractivity contribution in [3.63, 3.8) is 0 Å². The predicted molar refractivity (Wildman–Crippen MR) is 398 cm³/mol. The molecule has 26 nitrogen and oxygen atoms in total. The molecule has 4 aliphatic carbocycles. The molecule has 29 heteroatoms. The van der Waals surface area contributed by atoms with E-state index in [2.05, 4.69) is 16.0 Å². The Morgan fingerprint density at radius 3 is 1.89 bits per heavy atom. The molecule has 0 aromatic carbocycles. The maximum absolute atomic E-state index is 15.9. The van der Waals surface area contributed by atoms with Gasteiger partial charge in [0, 0.05) is 82.5 Å². The average molecular weight is 1530 g/mol. The summed E-state index contributed by atoms with van der Waals surface area (Å²) in [7, 11) is 11.5. The van der Waals surface area contributed by atoms with Crippen LogP contribution >= 0.6 is 0 Å². The van der Waals surface area contributed by atoms with Gasteiger partial charge in [-0.05, 0) is 139 Å². The van der Waals surface area contributed by atoms with Crippen LogP contribution in [0.3, 0.4) is 0 Å². The molecule has 1 spiro atoms. The molecular weight excluding hydrogens is 1400 g/mol. The van der Waals surface area contributed by atoms with Crippen molar-refractivity contribution < 1.29 is 80.2 Å². The number of alkyl halides is 3. The summed E-state index contributed by atoms with van der Waals surface area (Å²) in [6.45, 7) is 11.9. The minimum absolute atomic E-state index is 0.0120. The standard InChI is InChI=1S/C79H127F3N12O14/c1-16-49(5)66-74(104)88(10)45-65(97)90(12)58-29-19-18-24-38-93(73(58)103)61-39-51-32-30-50(31-33-51)25-20-23-28-57(68(98)84-66)89(11)64(96)42-60(71(101)86(8)17-2)91(13)75(105)67(53-26-21-22-27-53)92(14)76(106)78(46-77(6,7)47-78)85-69(99)59-41-54(108-48(3)4)43-94(59)70(100)56(83-63(95)44-87(9)72(61)102)37-35-52-34-36-55(79(80,81)82)62(40-52)107-15/h18-19,48-62,66-67H,16-17,20-47H2,1-15H3,(H,83,95)(H,84,98)(H,85,99)/b19-18-/t49-,50?,51?,52?,54+,55?,56-,57-,58-,59-,60-,61-,62?,66-,67-/m0/s1. The second kappa shape index (κ2) is 37.4. The number of carbonyl (C=O) groups excluding carboxylic acids is 12. The summed E-state index contributed by atoms with van der Waals surface area (Å²) in [6.07, 6.45) is 4.89. The van der Waals surface area contributed by atoms with Gasteiger partial charge in [0.05, 0.1) is 43.7 Å². The monoisotopic (exact) mass is 1520 g/mol. The predicted octanol–water partition coefficient (Wildman–Crippen LogP) is 6.46. The van der Waals surface area contributed by atoms with Crippen LogP contribution < -0.4 is 16.0 Å². The van der Waals surface area contributed by atoms with E-state index in [4.69, 9.17) is 9.47 Å². The van der Waals surface area contributed by atoms with Crippen LogP contribution in [0.5, 0.6) is 0 Å². The smallest absolute Gasteiger partial charge is 0.381 e. The van der Waals surface area contributed by atoms with Crippen molar-refractivity contribution in [3.05, 3.63) is 12.2 Å². The zero-order chi connectivity index (χ0) is 79.6. The highest BCUT2D eigenvalue weighted by molar-refractivity contribution is 6.01. The first-order valence-electron chi connectivity index (χ1n) is 40.1. The van der Waals surface area contributed by atoms with Crippen molar-refractivity contribution >= 4 is 70.9 Å². The number of hydrogen-bond donors (Lipinski definition) is 3. The Labute approximate surface area is 638 Å². The lowest BCUT2D eigenvalue weighted by Crippen LogP contribution is -2.71. The highest BCUT2D eigenvalue weighted by Gasteiger charge is 2.60. The van der Waals surface area contributed by atoms with Gasteiger partial charge >= 0.3 is 6.18 Å². The normalized spacial score (nSPS) is 32.3. The minimum atomic E-state index is -4.52. The van der Waals surface area contributed by atoms with Crippen molar-refractivity contribution in [1.29, 1.82) is 0 Å². The van der Waals surface area contributed by atoms with E-state index in [1.807, 2.05) is 26.8 Å². The van der Waals surface area contributed by atoms with Crippen LogP contribution in [0, 0.1) is 40.9 Å². The van der Waals surface area contributed by atoms with Crippen LogP contribution in [-0.4, -0.2) is 283 Å². The van der Waals surface area contributed by atoms with Crippen LogP contribution in [0.1, 0.15) is 209 Å². The summed E-state index contributed by atoms with van der Waals surface area (Å²) >= 11 is 0. The number of halogens is 3. The number of ether oxygens (including phenoxy) is 2. The van der Waals surface area contributed by atoms with Gasteiger partial charge in [0.2, 0.25) is 70.9 Å². The molecule has 4 saturated carbocycles. The molecule has 3 unspecified atom stereocenters. The zero-order valence-electron chi connectivity index (χ0n) is 67.1. The van der Waals surface area contributed by atoms with E-state index < -0.39 is 186 Å². The molecule has 608 valence electrons. The topological polar surface area (TPSA) is 289 Å². The van der Waals surface area contributed by atoms with Crippen molar-refractivity contribution in [2.75, 3.05) is 89.2 Å². The summed E-state index contributed by atoms with van der Waals surface area (Å²) in [5.41, 5.74) is -2.18. The number of carbonyl (C=O) groups is 12. The molecule has 9 fully saturated rings. The molecule has 0 radical (unpaired) electrons. The van der Waals surface area contributed by atoms with E-state index in [1.165, 1.54) is 93.5 Å². The lowest BCUT2D eigenvalue weighted by atomic mass is 9.58. The molecule has 6 bridgehead atoms. The molecule has 6 heterocycles. The maximum atomic E-state index is 15.9. The molecule has 0 aromatic rings. The Kier molecular flexibility index (Phi) is 30.0. The Morgan fingerprint density at radius 2 is 1.27 bits per heavy atom. The first-order chi connectivity index (χ1) is 50.8. The number of fused-ring (bicyclic) bond motifs is 22. The molecule has 12 amide bonds. The fraction of sp³-hybridized carbons (Fsp3) is 0.823. The maximum Gasteiger partial charge on any atom is 0.394 e. The summed E-state index contributed by atoms with van der Waals surface area (Å²) < 4.78 is 55.0. The van der Waals surface area contributed by atoms with Crippen molar-refractivity contribution in [1.82, 2.24) is 60.0 Å². The van der Waals surface area contributed by atoms with Gasteiger partial charge in [-0.15, -0.1) is 0 Å². The van der Waals surface area contributed by atoms with Crippen molar-refractivity contribution in [3.8, 4) is 0 Å². The summed E-state index contributed by atoms with van der Waals surface area (Å²) in [5, 5.41) is 9.02. The first kappa shape index (κ1) is 86.7. The SMILES string of the molecule is CC[C@H](C)[C@@H]1NC(=O)[C@@H]2CCCCC3CCC(CC3)C[C@@H](C(=O)N(C)CC(=O)N[C@@H](CCC3CCC(C(F)(F)F)C(OC)C3)C(=O)N3C[C@H](OC(C)C)C[C@H]3C(=O)NC3(CC(C)(C)C3)C(=O)N(C)[C@@H](C3CCCC3)C(=O)N(C)[C@H](C(=O)N(C)CC)CC(=O)N2C)N2CC/C=C\C[C@@H](C2=O)N(C)C(=O)CN(C)C1=O. The lowest BCUT2D eigenvalue weighted by molar-refractivity contribution is -0.215. The van der Waals surface area contributed by atoms with Gasteiger partial charge in [0.15, 0.2) is 0 Å². The van der Waals surface area contributed by atoms with Crippen LogP contribution in [0.25, 0.3) is 0 Å². The van der Waals surface area contributed by atoms with E-state index in [9.17, 15) is 27.6 Å². The lowest BCUT2D eigenvalue weighted by Gasteiger charge is -2.54. The van der Waals surface area contributed by atoms with Crippen molar-refractivity contribution in [2.45, 2.75) is 287 Å². The molecule has 10 aliphatic rings. The van der Waals surface area contributed by atoms with Crippen LogP contribution in [0.15, 0.2) is 12.2 Å². The van der Waals surface area contributed by atoms with Gasteiger partial charge < -0.3 is 69.5 Å². The number of nitrogens with zero attached hydrogens (tertiary/aromatic N) is 9. The quantitative estimate of drug-likeness (QED) is 0.148. The highest BCUT2D eigenvalue weighted by Crippen LogP contribution is 2.50. The third-order valence-corrected chi connectivity index (χ3v) is 25.4. The zero-order valence-corrected chi connectivity index (χ0v) is 67.1. The third-order valence-electron chi connectivity index (χ3n) is 25.4. The molecule has 6 aliphatic heterocycles. The largest absolute Gasteiger partial charge is 0.394 e. The second-order valence-corrected chi connectivity index (χ2v) is 34.1. The van der Waals surface area contributed by atoms with Gasteiger partial charge in [0.1, 0.15) is 53.9 Å². The van der Waals surface area contributed by atoms with Crippen LogP contribution in [0.2, 0.25) is 0 Å². The molecular formula is C79H127F3N12O14. The fourth-order valence-corrected chi connectivity index (χ4v) is 18.8. The minimum Gasteiger partial charge on any atom is -0.381 e. The second-order valence-electron chi connectivity index (χ2n) is 34.1. The fourth-order valence-electron chi connectivity index (χ4n) is 18.8. The van der Waals surface area contributed by atoms with Gasteiger partial charge in [-0.25, -0.2) is 0 Å². The molecule has 3 N–H and O–H groups in total. The number of hydrogen-bond acceptors (Lipinski definition) is 14. The Balaban J connectivity index is 1.26. The summed E-state index contributed by atoms with van der Waals surface area (Å²) in [4.78, 5) is 196. The van der Waals surface area contributed by atoms with Crippen LogP contribution in [-0.2, 0) is 67.0 Å². The number of amides is 12. The van der Waals surface area contributed by atoms with Gasteiger partial charge in [-0.3, -0.25) is 57.5 Å². The number of likely N-dealkylation sites (N-methyl/N-ethyl adjacent to an activating group) is 7. The van der Waals surface area contributed by atoms with E-state index in [1.54, 1.807) is 40.8 Å². The van der Waals surface area contributed by atoms with E-state index in [-0.39, 0.29) is 114 Å². The molecule has 10 rings (SSSR count). The van der Waals surface area contributed by atoms with Gasteiger partial charge in [-0.1, -0.05) is 104 Å². The van der Waals surface area contributed by atoms with Gasteiger partial charge in [-0.2, -0.15) is 13.2 Å². The van der Waals surface area contributed by atoms with E-state index >= 15 is 43.2 Å². The number of nitrogens with one attached hydrogen (secondary N) is 3. The average Bonchev–Trinajstić information content (AvgIpc) is 0.924. The summed E-state index contributed by atoms with van der Waals surface area (Å²) in [5.74, 6) is -10.5. The molecule has 13 atom stereocenters. The van der Waals surface area contributed by atoms with E-state index in [0.717, 1.165) is 32.1 Å². The summed E-state index contributed by atoms with van der Waals surface area (Å²) in [6, 6.07) is -10.1. The van der Waals surface area contributed by atoms with Crippen molar-refractivity contribution in [2.24, 2.45) is 40.9 Å². The van der Waals surface area contributed by atoms with Crippen LogP contribution in [0.4, 0.5) is 13.2 Å². The highest BCUT2D eigenvalue weighted by atomic mass is 19.4. The van der Waals surface area contributed by atoms with Gasteiger partial charge in [0.25, 0.3) is 0 Å². The Morgan fingerprint density at radius 1 is 0.639 bits per heavy atom.